The first-order valence-corrected chi connectivity index (χ1v) is 6.14. The van der Waals surface area contributed by atoms with Gasteiger partial charge in [-0.3, -0.25) is 0 Å². The van der Waals surface area contributed by atoms with E-state index in [0.717, 1.165) is 19.5 Å². The van der Waals surface area contributed by atoms with E-state index in [0.29, 0.717) is 6.10 Å². The molecule has 0 aliphatic carbocycles. The second-order valence-electron chi connectivity index (χ2n) is 4.67. The van der Waals surface area contributed by atoms with Crippen LogP contribution in [0, 0.1) is 13.8 Å². The minimum absolute atomic E-state index is 0.221. The van der Waals surface area contributed by atoms with Crippen molar-refractivity contribution in [1.29, 1.82) is 0 Å². The van der Waals surface area contributed by atoms with E-state index in [9.17, 15) is 0 Å². The van der Waals surface area contributed by atoms with Crippen molar-refractivity contribution in [2.75, 3.05) is 13.1 Å². The maximum atomic E-state index is 6.09. The molecule has 0 amide bonds. The Morgan fingerprint density at radius 1 is 1.31 bits per heavy atom. The fraction of sp³-hybridized carbons (Fsp3) is 0.571. The van der Waals surface area contributed by atoms with Crippen molar-refractivity contribution in [3.63, 3.8) is 0 Å². The predicted octanol–water partition coefficient (Wildman–Crippen LogP) is 2.74. The van der Waals surface area contributed by atoms with Gasteiger partial charge in [-0.2, -0.15) is 0 Å². The van der Waals surface area contributed by atoms with Crippen LogP contribution in [0.5, 0.6) is 0 Å². The van der Waals surface area contributed by atoms with Gasteiger partial charge in [0.15, 0.2) is 0 Å². The molecule has 0 spiro atoms. The number of rotatable bonds is 2. The molecule has 2 atom stereocenters. The summed E-state index contributed by atoms with van der Waals surface area (Å²) >= 11 is 0. The van der Waals surface area contributed by atoms with E-state index in [1.54, 1.807) is 0 Å². The molecule has 1 aliphatic heterocycles. The maximum Gasteiger partial charge on any atom is 0.0956 e. The summed E-state index contributed by atoms with van der Waals surface area (Å²) in [5.41, 5.74) is 3.97. The summed E-state index contributed by atoms with van der Waals surface area (Å²) in [7, 11) is 0. The van der Waals surface area contributed by atoms with Crippen molar-refractivity contribution in [3.05, 3.63) is 34.9 Å². The van der Waals surface area contributed by atoms with Crippen LogP contribution in [0.25, 0.3) is 0 Å². The van der Waals surface area contributed by atoms with Crippen molar-refractivity contribution in [3.8, 4) is 0 Å². The lowest BCUT2D eigenvalue weighted by atomic mass is 9.99. The second-order valence-corrected chi connectivity index (χ2v) is 4.67. The van der Waals surface area contributed by atoms with Gasteiger partial charge in [0.05, 0.1) is 12.2 Å². The number of ether oxygens (including phenoxy) is 1. The number of hydrogen-bond acceptors (Lipinski definition) is 2. The molecule has 1 N–H and O–H groups in total. The number of morpholine rings is 1. The fourth-order valence-corrected chi connectivity index (χ4v) is 2.23. The molecule has 1 saturated heterocycles. The Labute approximate surface area is 98.0 Å². The molecular formula is C14H21NO. The molecule has 16 heavy (non-hydrogen) atoms. The third-order valence-corrected chi connectivity index (χ3v) is 3.30. The number of hydrogen-bond donors (Lipinski definition) is 1. The van der Waals surface area contributed by atoms with Crippen LogP contribution < -0.4 is 5.32 Å². The van der Waals surface area contributed by atoms with Gasteiger partial charge in [0.1, 0.15) is 0 Å². The summed E-state index contributed by atoms with van der Waals surface area (Å²) < 4.78 is 6.09. The molecule has 1 aliphatic rings. The van der Waals surface area contributed by atoms with Gasteiger partial charge >= 0.3 is 0 Å². The molecule has 0 aromatic heterocycles. The lowest BCUT2D eigenvalue weighted by molar-refractivity contribution is -0.0402. The van der Waals surface area contributed by atoms with E-state index in [1.807, 2.05) is 0 Å². The summed E-state index contributed by atoms with van der Waals surface area (Å²) in [6.45, 7) is 8.39. The van der Waals surface area contributed by atoms with Crippen LogP contribution in [0.3, 0.4) is 0 Å². The van der Waals surface area contributed by atoms with Crippen LogP contribution in [0.4, 0.5) is 0 Å². The molecule has 1 heterocycles. The highest BCUT2D eigenvalue weighted by Crippen LogP contribution is 2.26. The summed E-state index contributed by atoms with van der Waals surface area (Å²) in [5.74, 6) is 0. The molecule has 0 bridgehead atoms. The van der Waals surface area contributed by atoms with Crippen molar-refractivity contribution in [1.82, 2.24) is 5.32 Å². The van der Waals surface area contributed by atoms with E-state index in [2.05, 4.69) is 44.3 Å². The molecule has 2 heteroatoms. The van der Waals surface area contributed by atoms with Crippen molar-refractivity contribution < 1.29 is 4.74 Å². The average molecular weight is 219 g/mol. The van der Waals surface area contributed by atoms with Crippen molar-refractivity contribution >= 4 is 0 Å². The van der Waals surface area contributed by atoms with Crippen LogP contribution in [-0.2, 0) is 4.74 Å². The first-order valence-electron chi connectivity index (χ1n) is 6.14. The van der Waals surface area contributed by atoms with Crippen LogP contribution >= 0.6 is 0 Å². The molecular weight excluding hydrogens is 198 g/mol. The van der Waals surface area contributed by atoms with E-state index in [1.165, 1.54) is 16.7 Å². The zero-order valence-electron chi connectivity index (χ0n) is 10.4. The normalized spacial score (nSPS) is 25.7. The number of aryl methyl sites for hydroxylation is 2. The Kier molecular flexibility index (Phi) is 3.62. The third-order valence-electron chi connectivity index (χ3n) is 3.30. The Morgan fingerprint density at radius 2 is 2.12 bits per heavy atom. The monoisotopic (exact) mass is 219 g/mol. The van der Waals surface area contributed by atoms with E-state index < -0.39 is 0 Å². The van der Waals surface area contributed by atoms with Gasteiger partial charge in [0.2, 0.25) is 0 Å². The van der Waals surface area contributed by atoms with Crippen LogP contribution in [0.1, 0.15) is 36.1 Å². The van der Waals surface area contributed by atoms with E-state index in [-0.39, 0.29) is 6.10 Å². The lowest BCUT2D eigenvalue weighted by Gasteiger charge is -2.31. The van der Waals surface area contributed by atoms with E-state index in [4.69, 9.17) is 4.74 Å². The molecule has 2 nitrogen and oxygen atoms in total. The molecule has 0 saturated carbocycles. The Hall–Kier alpha value is -0.860. The quantitative estimate of drug-likeness (QED) is 0.826. The zero-order chi connectivity index (χ0) is 11.5. The lowest BCUT2D eigenvalue weighted by Crippen LogP contribution is -2.40. The molecule has 2 unspecified atom stereocenters. The number of benzene rings is 1. The molecule has 88 valence electrons. The summed E-state index contributed by atoms with van der Waals surface area (Å²) in [5, 5.41) is 3.46. The largest absolute Gasteiger partial charge is 0.368 e. The van der Waals surface area contributed by atoms with Crippen LogP contribution in [0.2, 0.25) is 0 Å². The van der Waals surface area contributed by atoms with Gasteiger partial charge < -0.3 is 10.1 Å². The molecule has 1 fully saturated rings. The Bertz CT molecular complexity index is 362. The maximum absolute atomic E-state index is 6.09. The standard InChI is InChI=1S/C14H21NO/c1-4-12-8-15-9-14(16-12)13-7-10(2)5-6-11(13)3/h5-7,12,14-15H,4,8-9H2,1-3H3. The second kappa shape index (κ2) is 4.98. The minimum Gasteiger partial charge on any atom is -0.368 e. The third kappa shape index (κ3) is 2.45. The number of nitrogens with one attached hydrogen (secondary N) is 1. The van der Waals surface area contributed by atoms with Gasteiger partial charge in [0, 0.05) is 13.1 Å². The van der Waals surface area contributed by atoms with Crippen LogP contribution in [-0.4, -0.2) is 19.2 Å². The fourth-order valence-electron chi connectivity index (χ4n) is 2.23. The highest BCUT2D eigenvalue weighted by molar-refractivity contribution is 5.32. The smallest absolute Gasteiger partial charge is 0.0956 e. The zero-order valence-corrected chi connectivity index (χ0v) is 10.4. The van der Waals surface area contributed by atoms with Crippen LogP contribution in [0.15, 0.2) is 18.2 Å². The predicted molar refractivity (Wildman–Crippen MR) is 66.7 cm³/mol. The SMILES string of the molecule is CCC1CNCC(c2cc(C)ccc2C)O1. The Morgan fingerprint density at radius 3 is 2.88 bits per heavy atom. The van der Waals surface area contributed by atoms with Crippen molar-refractivity contribution in [2.45, 2.75) is 39.4 Å². The van der Waals surface area contributed by atoms with E-state index >= 15 is 0 Å². The molecule has 0 radical (unpaired) electrons. The highest BCUT2D eigenvalue weighted by Gasteiger charge is 2.23. The minimum atomic E-state index is 0.221. The summed E-state index contributed by atoms with van der Waals surface area (Å²) in [6, 6.07) is 6.59. The first kappa shape index (κ1) is 11.6. The molecule has 1 aromatic rings. The topological polar surface area (TPSA) is 21.3 Å². The Balaban J connectivity index is 2.19. The first-order chi connectivity index (χ1) is 7.70. The van der Waals surface area contributed by atoms with Gasteiger partial charge in [-0.1, -0.05) is 30.7 Å². The van der Waals surface area contributed by atoms with Gasteiger partial charge in [-0.25, -0.2) is 0 Å². The molecule has 2 rings (SSSR count). The van der Waals surface area contributed by atoms with Gasteiger partial charge in [0.25, 0.3) is 0 Å². The van der Waals surface area contributed by atoms with Gasteiger partial charge in [-0.05, 0) is 31.4 Å². The summed E-state index contributed by atoms with van der Waals surface area (Å²) in [6.07, 6.45) is 1.66. The van der Waals surface area contributed by atoms with Crippen molar-refractivity contribution in [2.24, 2.45) is 0 Å². The van der Waals surface area contributed by atoms with Gasteiger partial charge in [-0.15, -0.1) is 0 Å². The summed E-state index contributed by atoms with van der Waals surface area (Å²) in [4.78, 5) is 0. The molecule has 1 aromatic carbocycles. The average Bonchev–Trinajstić information content (AvgIpc) is 2.32. The highest BCUT2D eigenvalue weighted by atomic mass is 16.5.